The number of ether oxygens (including phenoxy) is 3. The van der Waals surface area contributed by atoms with Crippen LogP contribution < -0.4 is 19.5 Å². The zero-order valence-electron chi connectivity index (χ0n) is 18.7. The molecule has 34 heavy (non-hydrogen) atoms. The lowest BCUT2D eigenvalue weighted by molar-refractivity contribution is -0.111. The van der Waals surface area contributed by atoms with Crippen LogP contribution in [0.4, 0.5) is 5.13 Å². The molecule has 8 heteroatoms. The second-order valence-electron chi connectivity index (χ2n) is 7.11. The van der Waals surface area contributed by atoms with E-state index in [4.69, 9.17) is 14.2 Å². The maximum atomic E-state index is 12.3. The molecule has 0 aliphatic carbocycles. The fourth-order valence-corrected chi connectivity index (χ4v) is 3.82. The molecule has 0 saturated carbocycles. The minimum absolute atomic E-state index is 0.260. The van der Waals surface area contributed by atoms with Gasteiger partial charge in [0.15, 0.2) is 16.6 Å². The summed E-state index contributed by atoms with van der Waals surface area (Å²) in [5.74, 6) is 1.74. The Morgan fingerprint density at radius 1 is 1.03 bits per heavy atom. The summed E-state index contributed by atoms with van der Waals surface area (Å²) in [5.41, 5.74) is 3.35. The number of benzene rings is 2. The number of pyridine rings is 1. The first-order valence-corrected chi connectivity index (χ1v) is 11.3. The molecule has 1 amide bonds. The van der Waals surface area contributed by atoms with Gasteiger partial charge < -0.3 is 14.2 Å². The second kappa shape index (κ2) is 11.1. The zero-order chi connectivity index (χ0) is 23.8. The van der Waals surface area contributed by atoms with Gasteiger partial charge in [-0.05, 0) is 54.1 Å². The molecule has 172 valence electrons. The Labute approximate surface area is 201 Å². The minimum atomic E-state index is -0.260. The monoisotopic (exact) mass is 473 g/mol. The van der Waals surface area contributed by atoms with Gasteiger partial charge in [-0.15, -0.1) is 11.3 Å². The van der Waals surface area contributed by atoms with Gasteiger partial charge in [0.25, 0.3) is 0 Å². The molecule has 0 bridgehead atoms. The van der Waals surface area contributed by atoms with Crippen molar-refractivity contribution in [2.45, 2.75) is 6.61 Å². The largest absolute Gasteiger partial charge is 0.493 e. The van der Waals surface area contributed by atoms with Crippen molar-refractivity contribution in [3.8, 4) is 28.5 Å². The number of hydrogen-bond donors (Lipinski definition) is 1. The maximum absolute atomic E-state index is 12.3. The Morgan fingerprint density at radius 2 is 1.85 bits per heavy atom. The normalized spacial score (nSPS) is 10.8. The molecule has 0 unspecified atom stereocenters. The number of amides is 1. The third-order valence-corrected chi connectivity index (χ3v) is 5.59. The number of carbonyl (C=O) groups excluding carboxylic acids is 1. The first kappa shape index (κ1) is 23.0. The molecule has 7 nitrogen and oxygen atoms in total. The number of nitrogens with zero attached hydrogens (tertiary/aromatic N) is 2. The first-order chi connectivity index (χ1) is 16.6. The third-order valence-electron chi connectivity index (χ3n) is 4.83. The first-order valence-electron chi connectivity index (χ1n) is 10.4. The number of hydrogen-bond acceptors (Lipinski definition) is 7. The van der Waals surface area contributed by atoms with Crippen LogP contribution in [0.5, 0.6) is 17.2 Å². The van der Waals surface area contributed by atoms with E-state index in [1.54, 1.807) is 26.5 Å². The highest BCUT2D eigenvalue weighted by Gasteiger charge is 2.10. The van der Waals surface area contributed by atoms with Crippen molar-refractivity contribution in [2.75, 3.05) is 19.5 Å². The number of carbonyl (C=O) groups is 1. The summed E-state index contributed by atoms with van der Waals surface area (Å²) in [6, 6.07) is 18.8. The number of aromatic nitrogens is 2. The number of rotatable bonds is 9. The van der Waals surface area contributed by atoms with Crippen LogP contribution in [0.15, 0.2) is 78.3 Å². The van der Waals surface area contributed by atoms with Crippen molar-refractivity contribution in [1.29, 1.82) is 0 Å². The van der Waals surface area contributed by atoms with Crippen LogP contribution in [-0.4, -0.2) is 30.1 Å². The summed E-state index contributed by atoms with van der Waals surface area (Å²) in [7, 11) is 3.18. The molecular weight excluding hydrogens is 450 g/mol. The van der Waals surface area contributed by atoms with E-state index in [9.17, 15) is 4.79 Å². The summed E-state index contributed by atoms with van der Waals surface area (Å²) in [4.78, 5) is 21.1. The van der Waals surface area contributed by atoms with Crippen LogP contribution in [0.1, 0.15) is 11.3 Å². The van der Waals surface area contributed by atoms with Crippen LogP contribution in [0.25, 0.3) is 17.3 Å². The molecule has 0 fully saturated rings. The number of methoxy groups -OCH3 is 2. The fourth-order valence-electron chi connectivity index (χ4n) is 3.09. The van der Waals surface area contributed by atoms with E-state index >= 15 is 0 Å². The molecule has 4 rings (SSSR count). The van der Waals surface area contributed by atoms with Crippen LogP contribution >= 0.6 is 11.3 Å². The predicted octanol–water partition coefficient (Wildman–Crippen LogP) is 5.45. The van der Waals surface area contributed by atoms with E-state index in [0.29, 0.717) is 23.2 Å². The highest BCUT2D eigenvalue weighted by Crippen LogP contribution is 2.33. The number of thiazole rings is 1. The van der Waals surface area contributed by atoms with Crippen LogP contribution in [-0.2, 0) is 11.4 Å². The average Bonchev–Trinajstić information content (AvgIpc) is 3.35. The van der Waals surface area contributed by atoms with Gasteiger partial charge in [0.1, 0.15) is 12.4 Å². The smallest absolute Gasteiger partial charge is 0.250 e. The molecule has 0 aliphatic heterocycles. The van der Waals surface area contributed by atoms with Gasteiger partial charge in [-0.25, -0.2) is 4.98 Å². The van der Waals surface area contributed by atoms with E-state index in [0.717, 1.165) is 28.3 Å². The predicted molar refractivity (Wildman–Crippen MR) is 133 cm³/mol. The van der Waals surface area contributed by atoms with Crippen LogP contribution in [0, 0.1) is 0 Å². The summed E-state index contributed by atoms with van der Waals surface area (Å²) in [6.45, 7) is 0.400. The Bertz CT molecular complexity index is 1270. The average molecular weight is 474 g/mol. The van der Waals surface area contributed by atoms with E-state index < -0.39 is 0 Å². The molecule has 0 spiro atoms. The molecule has 0 aliphatic rings. The summed E-state index contributed by atoms with van der Waals surface area (Å²) < 4.78 is 16.3. The van der Waals surface area contributed by atoms with Crippen molar-refractivity contribution in [3.63, 3.8) is 0 Å². The van der Waals surface area contributed by atoms with Gasteiger partial charge in [0, 0.05) is 23.2 Å². The molecular formula is C26H23N3O4S. The lowest BCUT2D eigenvalue weighted by Gasteiger charge is -2.08. The highest BCUT2D eigenvalue weighted by molar-refractivity contribution is 7.14. The molecule has 0 radical (unpaired) electrons. The molecule has 2 heterocycles. The molecule has 1 N–H and O–H groups in total. The molecule has 2 aromatic carbocycles. The van der Waals surface area contributed by atoms with Crippen molar-refractivity contribution in [3.05, 3.63) is 89.6 Å². The van der Waals surface area contributed by atoms with Crippen LogP contribution in [0.3, 0.4) is 0 Å². The van der Waals surface area contributed by atoms with E-state index in [-0.39, 0.29) is 5.91 Å². The lowest BCUT2D eigenvalue weighted by atomic mass is 10.1. The van der Waals surface area contributed by atoms with Crippen molar-refractivity contribution < 1.29 is 19.0 Å². The van der Waals surface area contributed by atoms with E-state index in [2.05, 4.69) is 15.3 Å². The summed E-state index contributed by atoms with van der Waals surface area (Å²) in [5, 5.41) is 5.19. The van der Waals surface area contributed by atoms with Gasteiger partial charge in [-0.1, -0.05) is 18.2 Å². The number of anilines is 1. The van der Waals surface area contributed by atoms with Gasteiger partial charge in [0.05, 0.1) is 25.6 Å². The van der Waals surface area contributed by atoms with Crippen LogP contribution in [0.2, 0.25) is 0 Å². The number of nitrogens with one attached hydrogen (secondary N) is 1. The topological polar surface area (TPSA) is 82.6 Å². The molecule has 0 atom stereocenters. The quantitative estimate of drug-likeness (QED) is 0.325. The second-order valence-corrected chi connectivity index (χ2v) is 7.97. The Kier molecular flexibility index (Phi) is 7.52. The Hall–Kier alpha value is -4.17. The van der Waals surface area contributed by atoms with Gasteiger partial charge in [-0.2, -0.15) is 0 Å². The fraction of sp³-hybridized carbons (Fsp3) is 0.115. The van der Waals surface area contributed by atoms with Crippen molar-refractivity contribution in [1.82, 2.24) is 9.97 Å². The Morgan fingerprint density at radius 3 is 2.59 bits per heavy atom. The molecule has 0 saturated heterocycles. The van der Waals surface area contributed by atoms with Gasteiger partial charge >= 0.3 is 0 Å². The third kappa shape index (κ3) is 5.99. The van der Waals surface area contributed by atoms with Gasteiger partial charge in [-0.3, -0.25) is 15.1 Å². The highest BCUT2D eigenvalue weighted by atomic mass is 32.1. The van der Waals surface area contributed by atoms with Gasteiger partial charge in [0.2, 0.25) is 5.91 Å². The minimum Gasteiger partial charge on any atom is -0.493 e. The van der Waals surface area contributed by atoms with Crippen molar-refractivity contribution >= 4 is 28.5 Å². The van der Waals surface area contributed by atoms with E-state index in [1.807, 2.05) is 66.0 Å². The SMILES string of the molecule is COc1ccc(-c2csc(NC(=O)/C=C/c3ccc(OCc4ccccn4)cc3)n2)cc1OC. The Balaban J connectivity index is 1.32. The van der Waals surface area contributed by atoms with Crippen molar-refractivity contribution in [2.24, 2.45) is 0 Å². The molecule has 2 aromatic heterocycles. The van der Waals surface area contributed by atoms with E-state index in [1.165, 1.54) is 17.4 Å². The standard InChI is InChI=1S/C26H23N3O4S/c1-31-23-12-9-19(15-24(23)32-2)22-17-34-26(28-22)29-25(30)13-8-18-6-10-21(11-7-18)33-16-20-5-3-4-14-27-20/h3-15,17H,16H2,1-2H3,(H,28,29,30)/b13-8+. The molecule has 4 aromatic rings. The summed E-state index contributed by atoms with van der Waals surface area (Å²) >= 11 is 1.35. The zero-order valence-corrected chi connectivity index (χ0v) is 19.5. The summed E-state index contributed by atoms with van der Waals surface area (Å²) in [6.07, 6.45) is 4.95. The maximum Gasteiger partial charge on any atom is 0.250 e. The lowest BCUT2D eigenvalue weighted by Crippen LogP contribution is -2.07.